The Hall–Kier alpha value is -2.14. The summed E-state index contributed by atoms with van der Waals surface area (Å²) in [6, 6.07) is 8.07. The molecule has 6 heteroatoms. The molecule has 2 aromatic rings. The minimum atomic E-state index is -0.484. The molecule has 0 spiro atoms. The van der Waals surface area contributed by atoms with Gasteiger partial charge in [0, 0.05) is 24.2 Å². The molecule has 5 nitrogen and oxygen atoms in total. The largest absolute Gasteiger partial charge is 0.432 e. The molecule has 1 aromatic carbocycles. The molecule has 0 N–H and O–H groups in total. The second kappa shape index (κ2) is 5.67. The average molecular weight is 279 g/mol. The van der Waals surface area contributed by atoms with Crippen LogP contribution in [-0.2, 0) is 5.88 Å². The first kappa shape index (κ1) is 13.3. The average Bonchev–Trinajstić information content (AvgIpc) is 2.39. The number of hydrogen-bond donors (Lipinski definition) is 0. The number of aryl methyl sites for hydroxylation is 1. The summed E-state index contributed by atoms with van der Waals surface area (Å²) in [4.78, 5) is 14.5. The van der Waals surface area contributed by atoms with Crippen molar-refractivity contribution in [3.05, 3.63) is 57.8 Å². The van der Waals surface area contributed by atoms with Crippen molar-refractivity contribution in [2.75, 3.05) is 0 Å². The predicted octanol–water partition coefficient (Wildman–Crippen LogP) is 3.83. The summed E-state index contributed by atoms with van der Waals surface area (Å²) in [6.07, 6.45) is 1.57. The lowest BCUT2D eigenvalue weighted by molar-refractivity contribution is -0.385. The van der Waals surface area contributed by atoms with E-state index in [-0.39, 0.29) is 11.4 Å². The number of nitrogens with zero attached hydrogens (tertiary/aromatic N) is 2. The molecule has 0 aliphatic carbocycles. The standard InChI is InChI=1S/C13H11ClN2O3/c1-9-2-4-11(16(17)18)12(6-9)19-13-5-3-10(7-14)8-15-13/h2-6,8H,7H2,1H3. The molecule has 0 amide bonds. The number of rotatable bonds is 4. The zero-order valence-electron chi connectivity index (χ0n) is 10.2. The van der Waals surface area contributed by atoms with Gasteiger partial charge in [0.2, 0.25) is 11.6 Å². The van der Waals surface area contributed by atoms with E-state index >= 15 is 0 Å². The predicted molar refractivity (Wildman–Crippen MR) is 71.7 cm³/mol. The van der Waals surface area contributed by atoms with Crippen molar-refractivity contribution >= 4 is 17.3 Å². The second-order valence-corrected chi connectivity index (χ2v) is 4.24. The van der Waals surface area contributed by atoms with E-state index in [4.69, 9.17) is 16.3 Å². The molecule has 0 saturated heterocycles. The molecule has 0 fully saturated rings. The van der Waals surface area contributed by atoms with Crippen molar-refractivity contribution in [1.29, 1.82) is 0 Å². The number of hydrogen-bond acceptors (Lipinski definition) is 4. The molecule has 0 bridgehead atoms. The maximum atomic E-state index is 10.9. The molecule has 0 aliphatic rings. The number of alkyl halides is 1. The van der Waals surface area contributed by atoms with Gasteiger partial charge in [-0.3, -0.25) is 10.1 Å². The van der Waals surface area contributed by atoms with Gasteiger partial charge in [-0.1, -0.05) is 12.1 Å². The fourth-order valence-corrected chi connectivity index (χ4v) is 1.68. The third kappa shape index (κ3) is 3.20. The van der Waals surface area contributed by atoms with Gasteiger partial charge in [0.15, 0.2) is 0 Å². The highest BCUT2D eigenvalue weighted by Crippen LogP contribution is 2.31. The first-order valence-corrected chi connectivity index (χ1v) is 6.07. The van der Waals surface area contributed by atoms with Crippen molar-refractivity contribution in [2.24, 2.45) is 0 Å². The number of aromatic nitrogens is 1. The Balaban J connectivity index is 2.31. The minimum absolute atomic E-state index is 0.0891. The van der Waals surface area contributed by atoms with E-state index in [1.165, 1.54) is 6.07 Å². The van der Waals surface area contributed by atoms with Crippen LogP contribution in [0.5, 0.6) is 11.6 Å². The summed E-state index contributed by atoms with van der Waals surface area (Å²) in [7, 11) is 0. The minimum Gasteiger partial charge on any atom is -0.432 e. The van der Waals surface area contributed by atoms with Gasteiger partial charge >= 0.3 is 5.69 Å². The summed E-state index contributed by atoms with van der Waals surface area (Å²) in [5.74, 6) is 0.830. The SMILES string of the molecule is Cc1ccc([N+](=O)[O-])c(Oc2ccc(CCl)cn2)c1. The normalized spacial score (nSPS) is 10.2. The van der Waals surface area contributed by atoms with Crippen LogP contribution in [0.25, 0.3) is 0 Å². The molecule has 2 rings (SSSR count). The first-order valence-electron chi connectivity index (χ1n) is 5.54. The van der Waals surface area contributed by atoms with Crippen LogP contribution in [0.2, 0.25) is 0 Å². The van der Waals surface area contributed by atoms with Gasteiger partial charge in [-0.05, 0) is 24.1 Å². The van der Waals surface area contributed by atoms with Gasteiger partial charge < -0.3 is 4.74 Å². The molecule has 0 aliphatic heterocycles. The number of pyridine rings is 1. The van der Waals surface area contributed by atoms with Crippen LogP contribution < -0.4 is 4.74 Å². The maximum absolute atomic E-state index is 10.9. The third-order valence-corrected chi connectivity index (χ3v) is 2.79. The first-order chi connectivity index (χ1) is 9.10. The number of ether oxygens (including phenoxy) is 1. The van der Waals surface area contributed by atoms with E-state index in [1.54, 1.807) is 30.5 Å². The van der Waals surface area contributed by atoms with Gasteiger partial charge in [0.05, 0.1) is 4.92 Å². The molecule has 1 aromatic heterocycles. The zero-order valence-corrected chi connectivity index (χ0v) is 10.9. The molecular formula is C13H11ClN2O3. The van der Waals surface area contributed by atoms with Gasteiger partial charge in [-0.15, -0.1) is 11.6 Å². The Morgan fingerprint density at radius 3 is 2.74 bits per heavy atom. The summed E-state index contributed by atoms with van der Waals surface area (Å²) in [5, 5.41) is 10.9. The Kier molecular flexibility index (Phi) is 3.97. The highest BCUT2D eigenvalue weighted by atomic mass is 35.5. The van der Waals surface area contributed by atoms with Crippen molar-refractivity contribution in [2.45, 2.75) is 12.8 Å². The summed E-state index contributed by atoms with van der Waals surface area (Å²) < 4.78 is 5.46. The van der Waals surface area contributed by atoms with Crippen molar-refractivity contribution in [3.8, 4) is 11.6 Å². The van der Waals surface area contributed by atoms with Gasteiger partial charge in [0.25, 0.3) is 0 Å². The van der Waals surface area contributed by atoms with E-state index < -0.39 is 4.92 Å². The van der Waals surface area contributed by atoms with Gasteiger partial charge in [0.1, 0.15) is 0 Å². The van der Waals surface area contributed by atoms with E-state index in [2.05, 4.69) is 4.98 Å². The topological polar surface area (TPSA) is 65.3 Å². The molecule has 0 saturated carbocycles. The molecular weight excluding hydrogens is 268 g/mol. The number of benzene rings is 1. The Bertz CT molecular complexity index is 599. The van der Waals surface area contributed by atoms with Crippen LogP contribution in [0.15, 0.2) is 36.5 Å². The van der Waals surface area contributed by atoms with Gasteiger partial charge in [-0.2, -0.15) is 0 Å². The molecule has 0 radical (unpaired) electrons. The lowest BCUT2D eigenvalue weighted by Gasteiger charge is -2.06. The Morgan fingerprint density at radius 2 is 2.16 bits per heavy atom. The molecule has 98 valence electrons. The maximum Gasteiger partial charge on any atom is 0.311 e. The van der Waals surface area contributed by atoms with Crippen LogP contribution in [0.3, 0.4) is 0 Å². The summed E-state index contributed by atoms with van der Waals surface area (Å²) >= 11 is 5.66. The summed E-state index contributed by atoms with van der Waals surface area (Å²) in [5.41, 5.74) is 1.64. The second-order valence-electron chi connectivity index (χ2n) is 3.97. The molecule has 1 heterocycles. The lowest BCUT2D eigenvalue weighted by atomic mass is 10.2. The van der Waals surface area contributed by atoms with E-state index in [0.29, 0.717) is 11.8 Å². The van der Waals surface area contributed by atoms with Crippen molar-refractivity contribution in [3.63, 3.8) is 0 Å². The number of nitro groups is 1. The fraction of sp³-hybridized carbons (Fsp3) is 0.154. The molecule has 0 atom stereocenters. The van der Waals surface area contributed by atoms with Crippen LogP contribution in [0.1, 0.15) is 11.1 Å². The highest BCUT2D eigenvalue weighted by Gasteiger charge is 2.16. The quantitative estimate of drug-likeness (QED) is 0.484. The smallest absolute Gasteiger partial charge is 0.311 e. The summed E-state index contributed by atoms with van der Waals surface area (Å²) in [6.45, 7) is 1.83. The molecule has 19 heavy (non-hydrogen) atoms. The Labute approximate surface area is 115 Å². The van der Waals surface area contributed by atoms with Crippen LogP contribution in [0, 0.1) is 17.0 Å². The van der Waals surface area contributed by atoms with E-state index in [9.17, 15) is 10.1 Å². The fourth-order valence-electron chi connectivity index (χ4n) is 1.52. The third-order valence-electron chi connectivity index (χ3n) is 2.48. The monoisotopic (exact) mass is 278 g/mol. The van der Waals surface area contributed by atoms with Crippen LogP contribution >= 0.6 is 11.6 Å². The van der Waals surface area contributed by atoms with Gasteiger partial charge in [-0.25, -0.2) is 4.98 Å². The number of halogens is 1. The lowest BCUT2D eigenvalue weighted by Crippen LogP contribution is -1.95. The van der Waals surface area contributed by atoms with Crippen LogP contribution in [0.4, 0.5) is 5.69 Å². The number of nitro benzene ring substituents is 1. The van der Waals surface area contributed by atoms with Crippen LogP contribution in [-0.4, -0.2) is 9.91 Å². The highest BCUT2D eigenvalue weighted by molar-refractivity contribution is 6.17. The Morgan fingerprint density at radius 1 is 1.37 bits per heavy atom. The van der Waals surface area contributed by atoms with E-state index in [1.807, 2.05) is 6.92 Å². The van der Waals surface area contributed by atoms with Crippen molar-refractivity contribution in [1.82, 2.24) is 4.98 Å². The van der Waals surface area contributed by atoms with Crippen molar-refractivity contribution < 1.29 is 9.66 Å². The molecule has 0 unspecified atom stereocenters. The van der Waals surface area contributed by atoms with E-state index in [0.717, 1.165) is 11.1 Å². The zero-order chi connectivity index (χ0) is 13.8.